The normalized spacial score (nSPS) is 18.4. The Morgan fingerprint density at radius 1 is 1.21 bits per heavy atom. The molecule has 0 saturated carbocycles. The Kier molecular flexibility index (Phi) is 8.09. The van der Waals surface area contributed by atoms with Gasteiger partial charge in [0.1, 0.15) is 6.61 Å². The molecule has 0 bridgehead atoms. The van der Waals surface area contributed by atoms with Crippen molar-refractivity contribution in [3.05, 3.63) is 17.8 Å². The highest BCUT2D eigenvalue weighted by Crippen LogP contribution is 2.13. The lowest BCUT2D eigenvalue weighted by molar-refractivity contribution is -0.165. The molecule has 0 amide bonds. The highest BCUT2D eigenvalue weighted by molar-refractivity contribution is 5.09. The molecule has 0 N–H and O–H groups in total. The van der Waals surface area contributed by atoms with Crippen LogP contribution in [0.15, 0.2) is 12.1 Å². The van der Waals surface area contributed by atoms with Crippen molar-refractivity contribution in [2.24, 2.45) is 0 Å². The lowest BCUT2D eigenvalue weighted by atomic mass is 10.2. The Balaban J connectivity index is 0.000000861. The lowest BCUT2D eigenvalue weighted by Gasteiger charge is -2.22. The van der Waals surface area contributed by atoms with Gasteiger partial charge in [-0.3, -0.25) is 0 Å². The summed E-state index contributed by atoms with van der Waals surface area (Å²) < 4.78 is 16.4. The van der Waals surface area contributed by atoms with Crippen molar-refractivity contribution in [3.8, 4) is 5.88 Å². The standard InChI is InChI=1S/C12H18N2O3.C2H6/c1-10-5-6-11(14-13-10)15-8-9-17-12-4-2-3-7-16-12;1-2/h5-6,12H,2-4,7-9H2,1H3;1-2H3. The van der Waals surface area contributed by atoms with Crippen molar-refractivity contribution in [1.82, 2.24) is 10.2 Å². The van der Waals surface area contributed by atoms with Crippen LogP contribution in [0.4, 0.5) is 0 Å². The number of hydrogen-bond acceptors (Lipinski definition) is 5. The third kappa shape index (κ3) is 6.50. The van der Waals surface area contributed by atoms with Crippen LogP contribution in [0.1, 0.15) is 38.8 Å². The molecule has 1 atom stereocenters. The summed E-state index contributed by atoms with van der Waals surface area (Å²) in [5.41, 5.74) is 0.879. The molecule has 0 radical (unpaired) electrons. The van der Waals surface area contributed by atoms with E-state index in [9.17, 15) is 0 Å². The van der Waals surface area contributed by atoms with Crippen molar-refractivity contribution < 1.29 is 14.2 Å². The average Bonchev–Trinajstić information content (AvgIpc) is 2.49. The molecule has 0 aliphatic carbocycles. The van der Waals surface area contributed by atoms with E-state index < -0.39 is 0 Å². The summed E-state index contributed by atoms with van der Waals surface area (Å²) in [5.74, 6) is 0.531. The summed E-state index contributed by atoms with van der Waals surface area (Å²) in [7, 11) is 0. The van der Waals surface area contributed by atoms with E-state index in [1.54, 1.807) is 6.07 Å². The SMILES string of the molecule is CC.Cc1ccc(OCCOC2CCCCO2)nn1. The first-order chi connectivity index (χ1) is 9.34. The fraction of sp³-hybridized carbons (Fsp3) is 0.714. The molecule has 5 nitrogen and oxygen atoms in total. The van der Waals surface area contributed by atoms with Gasteiger partial charge in [0.15, 0.2) is 6.29 Å². The van der Waals surface area contributed by atoms with Crippen LogP contribution in [0.5, 0.6) is 5.88 Å². The maximum absolute atomic E-state index is 5.53. The zero-order valence-corrected chi connectivity index (χ0v) is 12.1. The van der Waals surface area contributed by atoms with E-state index in [-0.39, 0.29) is 6.29 Å². The third-order valence-electron chi connectivity index (χ3n) is 2.55. The first kappa shape index (κ1) is 15.9. The monoisotopic (exact) mass is 268 g/mol. The van der Waals surface area contributed by atoms with Crippen LogP contribution in [-0.4, -0.2) is 36.3 Å². The summed E-state index contributed by atoms with van der Waals surface area (Å²) >= 11 is 0. The topological polar surface area (TPSA) is 53.5 Å². The van der Waals surface area contributed by atoms with Crippen LogP contribution in [-0.2, 0) is 9.47 Å². The first-order valence-corrected chi connectivity index (χ1v) is 7.01. The Morgan fingerprint density at radius 2 is 2.05 bits per heavy atom. The van der Waals surface area contributed by atoms with E-state index in [4.69, 9.17) is 14.2 Å². The van der Waals surface area contributed by atoms with Crippen LogP contribution in [0.25, 0.3) is 0 Å². The highest BCUT2D eigenvalue weighted by Gasteiger charge is 2.13. The van der Waals surface area contributed by atoms with Gasteiger partial charge in [0.05, 0.1) is 12.3 Å². The van der Waals surface area contributed by atoms with Gasteiger partial charge in [0.25, 0.3) is 0 Å². The molecule has 108 valence electrons. The second-order valence-electron chi connectivity index (χ2n) is 4.03. The summed E-state index contributed by atoms with van der Waals surface area (Å²) in [5, 5.41) is 7.81. The number of aryl methyl sites for hydroxylation is 1. The zero-order valence-electron chi connectivity index (χ0n) is 12.1. The molecule has 1 aromatic rings. The number of ether oxygens (including phenoxy) is 3. The van der Waals surface area contributed by atoms with E-state index in [1.807, 2.05) is 26.8 Å². The number of aromatic nitrogens is 2. The fourth-order valence-corrected chi connectivity index (χ4v) is 1.63. The maximum atomic E-state index is 5.53. The van der Waals surface area contributed by atoms with Crippen LogP contribution in [0, 0.1) is 6.92 Å². The minimum atomic E-state index is -0.0588. The van der Waals surface area contributed by atoms with E-state index in [2.05, 4.69) is 10.2 Å². The molecule has 1 aliphatic heterocycles. The summed E-state index contributed by atoms with van der Waals surface area (Å²) in [6.45, 7) is 7.67. The molecule has 0 aromatic carbocycles. The summed E-state index contributed by atoms with van der Waals surface area (Å²) in [4.78, 5) is 0. The Morgan fingerprint density at radius 3 is 2.68 bits per heavy atom. The van der Waals surface area contributed by atoms with Gasteiger partial charge in [0.2, 0.25) is 5.88 Å². The number of hydrogen-bond donors (Lipinski definition) is 0. The fourth-order valence-electron chi connectivity index (χ4n) is 1.63. The molecule has 5 heteroatoms. The predicted molar refractivity (Wildman–Crippen MR) is 73.2 cm³/mol. The molecule has 1 aliphatic rings. The molecular weight excluding hydrogens is 244 g/mol. The van der Waals surface area contributed by atoms with Gasteiger partial charge in [-0.25, -0.2) is 0 Å². The van der Waals surface area contributed by atoms with Crippen LogP contribution < -0.4 is 4.74 Å². The molecule has 1 fully saturated rings. The molecule has 19 heavy (non-hydrogen) atoms. The van der Waals surface area contributed by atoms with E-state index in [1.165, 1.54) is 6.42 Å². The third-order valence-corrected chi connectivity index (χ3v) is 2.55. The molecule has 1 unspecified atom stereocenters. The van der Waals surface area contributed by atoms with E-state index >= 15 is 0 Å². The Hall–Kier alpha value is -1.20. The smallest absolute Gasteiger partial charge is 0.233 e. The van der Waals surface area contributed by atoms with Crippen LogP contribution in [0.2, 0.25) is 0 Å². The molecule has 2 heterocycles. The quantitative estimate of drug-likeness (QED) is 0.769. The molecule has 2 rings (SSSR count). The van der Waals surface area contributed by atoms with Crippen molar-refractivity contribution in [2.75, 3.05) is 19.8 Å². The maximum Gasteiger partial charge on any atom is 0.233 e. The molecular formula is C14H24N2O3. The predicted octanol–water partition coefficient (Wildman–Crippen LogP) is 2.73. The second-order valence-corrected chi connectivity index (χ2v) is 4.03. The average molecular weight is 268 g/mol. The van der Waals surface area contributed by atoms with E-state index in [0.717, 1.165) is 25.1 Å². The van der Waals surface area contributed by atoms with Gasteiger partial charge in [-0.15, -0.1) is 5.10 Å². The van der Waals surface area contributed by atoms with Gasteiger partial charge in [-0.1, -0.05) is 13.8 Å². The van der Waals surface area contributed by atoms with Gasteiger partial charge in [0, 0.05) is 12.7 Å². The van der Waals surface area contributed by atoms with Crippen molar-refractivity contribution >= 4 is 0 Å². The van der Waals surface area contributed by atoms with Gasteiger partial charge in [-0.2, -0.15) is 5.10 Å². The summed E-state index contributed by atoms with van der Waals surface area (Å²) in [6, 6.07) is 3.67. The van der Waals surface area contributed by atoms with Crippen LogP contribution in [0.3, 0.4) is 0 Å². The Bertz CT molecular complexity index is 324. The Labute approximate surface area is 115 Å². The minimum absolute atomic E-state index is 0.0588. The number of rotatable bonds is 5. The highest BCUT2D eigenvalue weighted by atomic mass is 16.7. The molecule has 1 aromatic heterocycles. The summed E-state index contributed by atoms with van der Waals surface area (Å²) in [6.07, 6.45) is 3.23. The molecule has 0 spiro atoms. The second kappa shape index (κ2) is 9.69. The van der Waals surface area contributed by atoms with Gasteiger partial charge >= 0.3 is 0 Å². The van der Waals surface area contributed by atoms with Crippen molar-refractivity contribution in [1.29, 1.82) is 0 Å². The number of nitrogens with zero attached hydrogens (tertiary/aromatic N) is 2. The largest absolute Gasteiger partial charge is 0.474 e. The zero-order chi connectivity index (χ0) is 13.9. The van der Waals surface area contributed by atoms with Gasteiger partial charge < -0.3 is 14.2 Å². The van der Waals surface area contributed by atoms with E-state index in [0.29, 0.717) is 19.1 Å². The molecule has 1 saturated heterocycles. The van der Waals surface area contributed by atoms with Crippen molar-refractivity contribution in [3.63, 3.8) is 0 Å². The van der Waals surface area contributed by atoms with Crippen molar-refractivity contribution in [2.45, 2.75) is 46.3 Å². The van der Waals surface area contributed by atoms with Gasteiger partial charge in [-0.05, 0) is 32.3 Å². The van der Waals surface area contributed by atoms with Crippen LogP contribution >= 0.6 is 0 Å². The minimum Gasteiger partial charge on any atom is -0.474 e. The first-order valence-electron chi connectivity index (χ1n) is 7.01. The lowest BCUT2D eigenvalue weighted by Crippen LogP contribution is -2.24.